The zero-order valence-corrected chi connectivity index (χ0v) is 15.5. The van der Waals surface area contributed by atoms with E-state index >= 15 is 0 Å². The fourth-order valence-corrected chi connectivity index (χ4v) is 4.58. The first kappa shape index (κ1) is 17.3. The molecule has 1 aliphatic heterocycles. The Morgan fingerprint density at radius 2 is 2.29 bits per heavy atom. The van der Waals surface area contributed by atoms with Crippen molar-refractivity contribution in [3.63, 3.8) is 0 Å². The summed E-state index contributed by atoms with van der Waals surface area (Å²) in [6.45, 7) is 3.11. The third-order valence-electron chi connectivity index (χ3n) is 4.06. The van der Waals surface area contributed by atoms with Gasteiger partial charge < -0.3 is 4.90 Å². The second-order valence-corrected chi connectivity index (χ2v) is 8.05. The van der Waals surface area contributed by atoms with Gasteiger partial charge in [-0.2, -0.15) is 5.10 Å². The van der Waals surface area contributed by atoms with E-state index in [1.807, 2.05) is 13.1 Å². The van der Waals surface area contributed by atoms with E-state index in [1.165, 1.54) is 18.2 Å². The van der Waals surface area contributed by atoms with Crippen LogP contribution in [0.1, 0.15) is 28.9 Å². The van der Waals surface area contributed by atoms with Crippen LogP contribution in [0.25, 0.3) is 0 Å². The number of benzene rings is 1. The van der Waals surface area contributed by atoms with E-state index in [0.717, 1.165) is 12.1 Å². The van der Waals surface area contributed by atoms with Crippen molar-refractivity contribution in [2.75, 3.05) is 18.1 Å². The Labute approximate surface area is 150 Å². The predicted octanol–water partition coefficient (Wildman–Crippen LogP) is 2.75. The Hall–Kier alpha value is -1.54. The number of amides is 1. The summed E-state index contributed by atoms with van der Waals surface area (Å²) in [6.07, 6.45) is 3.60. The van der Waals surface area contributed by atoms with Gasteiger partial charge in [-0.05, 0) is 41.1 Å². The van der Waals surface area contributed by atoms with Gasteiger partial charge >= 0.3 is 0 Å². The van der Waals surface area contributed by atoms with Crippen molar-refractivity contribution in [2.24, 2.45) is 0 Å². The molecule has 0 N–H and O–H groups in total. The first-order chi connectivity index (χ1) is 11.5. The number of hydrogen-bond donors (Lipinski definition) is 0. The Morgan fingerprint density at radius 3 is 2.96 bits per heavy atom. The maximum absolute atomic E-state index is 13.3. The van der Waals surface area contributed by atoms with E-state index < -0.39 is 16.6 Å². The number of nitrogens with zero attached hydrogens (tertiary/aromatic N) is 3. The normalized spacial score (nSPS) is 21.0. The van der Waals surface area contributed by atoms with Gasteiger partial charge in [0.2, 0.25) is 0 Å². The van der Waals surface area contributed by atoms with E-state index in [2.05, 4.69) is 21.0 Å². The minimum Gasteiger partial charge on any atom is -0.330 e. The predicted molar refractivity (Wildman–Crippen MR) is 93.7 cm³/mol. The maximum Gasteiger partial charge on any atom is 0.255 e. The summed E-state index contributed by atoms with van der Waals surface area (Å²) >= 11 is 3.25. The lowest BCUT2D eigenvalue weighted by Crippen LogP contribution is -2.44. The second-order valence-electron chi connectivity index (χ2n) is 5.58. The largest absolute Gasteiger partial charge is 0.330 e. The van der Waals surface area contributed by atoms with Crippen LogP contribution < -0.4 is 0 Å². The molecule has 0 aliphatic carbocycles. The molecule has 24 heavy (non-hydrogen) atoms. The monoisotopic (exact) mass is 413 g/mol. The third-order valence-corrected chi connectivity index (χ3v) is 6.05. The highest BCUT2D eigenvalue weighted by Gasteiger charge is 2.33. The van der Waals surface area contributed by atoms with Crippen LogP contribution in [0.5, 0.6) is 0 Å². The summed E-state index contributed by atoms with van der Waals surface area (Å²) < 4.78 is 27.5. The van der Waals surface area contributed by atoms with Crippen molar-refractivity contribution < 1.29 is 13.4 Å². The fourth-order valence-electron chi connectivity index (χ4n) is 2.77. The van der Waals surface area contributed by atoms with E-state index in [0.29, 0.717) is 28.1 Å². The van der Waals surface area contributed by atoms with Crippen LogP contribution in [0.2, 0.25) is 0 Å². The van der Waals surface area contributed by atoms with Gasteiger partial charge in [0.1, 0.15) is 5.82 Å². The second kappa shape index (κ2) is 7.14. The van der Waals surface area contributed by atoms with Gasteiger partial charge in [0, 0.05) is 51.6 Å². The van der Waals surface area contributed by atoms with Crippen molar-refractivity contribution in [3.05, 3.63) is 52.0 Å². The Balaban J connectivity index is 1.93. The minimum atomic E-state index is -0.969. The van der Waals surface area contributed by atoms with E-state index in [1.54, 1.807) is 15.8 Å². The average molecular weight is 414 g/mol. The van der Waals surface area contributed by atoms with Crippen LogP contribution in [0, 0.1) is 5.82 Å². The molecular formula is C16H17BrFN3O2S. The molecule has 1 aromatic heterocycles. The molecule has 128 valence electrons. The summed E-state index contributed by atoms with van der Waals surface area (Å²) in [5.74, 6) is 0.231. The smallest absolute Gasteiger partial charge is 0.255 e. The topological polar surface area (TPSA) is 55.2 Å². The summed E-state index contributed by atoms with van der Waals surface area (Å²) in [5, 5.41) is 4.25. The van der Waals surface area contributed by atoms with Crippen molar-refractivity contribution in [2.45, 2.75) is 19.5 Å². The van der Waals surface area contributed by atoms with Crippen LogP contribution >= 0.6 is 15.9 Å². The molecule has 2 atom stereocenters. The molecule has 8 heteroatoms. The first-order valence-corrected chi connectivity index (χ1v) is 9.91. The molecule has 0 bridgehead atoms. The number of rotatable bonds is 3. The zero-order chi connectivity index (χ0) is 17.3. The van der Waals surface area contributed by atoms with Gasteiger partial charge in [0.15, 0.2) is 0 Å². The molecule has 0 spiro atoms. The Morgan fingerprint density at radius 1 is 1.50 bits per heavy atom. The van der Waals surface area contributed by atoms with E-state index in [9.17, 15) is 13.4 Å². The lowest BCUT2D eigenvalue weighted by molar-refractivity contribution is 0.0698. The maximum atomic E-state index is 13.3. The molecule has 5 nitrogen and oxygen atoms in total. The lowest BCUT2D eigenvalue weighted by atomic mass is 10.1. The SMILES string of the molecule is CCn1cc([C@@H]2C[S@@](=O)CCN2C(=O)c2ccc(F)cc2Br)cn1. The van der Waals surface area contributed by atoms with Crippen molar-refractivity contribution in [3.8, 4) is 0 Å². The minimum absolute atomic E-state index is 0.201. The fraction of sp³-hybridized carbons (Fsp3) is 0.375. The molecule has 1 aliphatic rings. The molecule has 2 heterocycles. The molecular weight excluding hydrogens is 397 g/mol. The van der Waals surface area contributed by atoms with Gasteiger partial charge in [-0.25, -0.2) is 4.39 Å². The molecule has 1 aromatic carbocycles. The third kappa shape index (κ3) is 3.44. The molecule has 0 radical (unpaired) electrons. The van der Waals surface area contributed by atoms with E-state index in [-0.39, 0.29) is 11.9 Å². The quantitative estimate of drug-likeness (QED) is 0.776. The van der Waals surface area contributed by atoms with Crippen molar-refractivity contribution in [1.29, 1.82) is 0 Å². The lowest BCUT2D eigenvalue weighted by Gasteiger charge is -2.35. The van der Waals surface area contributed by atoms with Gasteiger partial charge in [-0.1, -0.05) is 0 Å². The molecule has 1 amide bonds. The number of halogens is 2. The molecule has 1 saturated heterocycles. The van der Waals surface area contributed by atoms with Gasteiger partial charge in [-0.3, -0.25) is 13.7 Å². The number of aromatic nitrogens is 2. The molecule has 1 fully saturated rings. The summed E-state index contributed by atoms with van der Waals surface area (Å²) in [5.41, 5.74) is 1.27. The standard InChI is InChI=1S/C16H17BrFN3O2S/c1-2-20-9-11(8-19-20)15-10-24(23)6-5-21(15)16(22)13-4-3-12(18)7-14(13)17/h3-4,7-9,15H,2,5-6,10H2,1H3/t15-,24-/m0/s1. The zero-order valence-electron chi connectivity index (χ0n) is 13.1. The molecule has 0 unspecified atom stereocenters. The summed E-state index contributed by atoms with van der Waals surface area (Å²) in [7, 11) is -0.969. The van der Waals surface area contributed by atoms with Gasteiger partial charge in [0.05, 0.1) is 17.8 Å². The molecule has 2 aromatic rings. The Bertz CT molecular complexity index is 795. The average Bonchev–Trinajstić information content (AvgIpc) is 3.03. The first-order valence-electron chi connectivity index (χ1n) is 7.63. The Kier molecular flexibility index (Phi) is 5.15. The highest BCUT2D eigenvalue weighted by molar-refractivity contribution is 9.10. The summed E-state index contributed by atoms with van der Waals surface area (Å²) in [4.78, 5) is 14.7. The highest BCUT2D eigenvalue weighted by atomic mass is 79.9. The molecule has 0 saturated carbocycles. The molecule has 3 rings (SSSR count). The number of carbonyl (C=O) groups is 1. The van der Waals surface area contributed by atoms with Crippen molar-refractivity contribution >= 4 is 32.6 Å². The number of aryl methyl sites for hydroxylation is 1. The van der Waals surface area contributed by atoms with Crippen LogP contribution in [0.3, 0.4) is 0 Å². The van der Waals surface area contributed by atoms with Crippen LogP contribution in [-0.2, 0) is 17.3 Å². The summed E-state index contributed by atoms with van der Waals surface area (Å²) in [6, 6.07) is 3.73. The van der Waals surface area contributed by atoms with Crippen LogP contribution in [0.15, 0.2) is 35.1 Å². The van der Waals surface area contributed by atoms with E-state index in [4.69, 9.17) is 0 Å². The van der Waals surface area contributed by atoms with Gasteiger partial charge in [-0.15, -0.1) is 0 Å². The van der Waals surface area contributed by atoms with Gasteiger partial charge in [0.25, 0.3) is 5.91 Å². The highest BCUT2D eigenvalue weighted by Crippen LogP contribution is 2.29. The van der Waals surface area contributed by atoms with Crippen molar-refractivity contribution in [1.82, 2.24) is 14.7 Å². The van der Waals surface area contributed by atoms with Crippen LogP contribution in [0.4, 0.5) is 4.39 Å². The number of hydrogen-bond acceptors (Lipinski definition) is 3. The van der Waals surface area contributed by atoms with Crippen LogP contribution in [-0.4, -0.2) is 42.8 Å². The number of carbonyl (C=O) groups excluding carboxylic acids is 1.